The number of hydrogen-bond donors (Lipinski definition) is 2. The van der Waals surface area contributed by atoms with Crippen molar-refractivity contribution in [2.24, 2.45) is 5.92 Å². The number of carbonyl (C=O) groups excluding carboxylic acids is 1. The van der Waals surface area contributed by atoms with Crippen LogP contribution in [0.25, 0.3) is 22.6 Å². The van der Waals surface area contributed by atoms with E-state index in [1.54, 1.807) is 13.8 Å². The molecule has 1 aromatic carbocycles. The van der Waals surface area contributed by atoms with E-state index >= 15 is 4.39 Å². The van der Waals surface area contributed by atoms with Gasteiger partial charge >= 0.3 is 6.18 Å². The minimum atomic E-state index is -4.92. The number of halogens is 4. The predicted octanol–water partition coefficient (Wildman–Crippen LogP) is 3.94. The fourth-order valence-corrected chi connectivity index (χ4v) is 2.99. The molecule has 174 valence electrons. The maximum atomic E-state index is 15.3. The van der Waals surface area contributed by atoms with Crippen molar-refractivity contribution in [3.8, 4) is 28.5 Å². The summed E-state index contributed by atoms with van der Waals surface area (Å²) >= 11 is 0. The van der Waals surface area contributed by atoms with Gasteiger partial charge in [0.25, 0.3) is 5.56 Å². The second-order valence-corrected chi connectivity index (χ2v) is 7.40. The molecular weight excluding hydrogens is 444 g/mol. The van der Waals surface area contributed by atoms with E-state index in [9.17, 15) is 22.8 Å². The summed E-state index contributed by atoms with van der Waals surface area (Å²) in [5, 5.41) is 2.46. The van der Waals surface area contributed by atoms with Crippen molar-refractivity contribution in [3.05, 3.63) is 63.8 Å². The summed E-state index contributed by atoms with van der Waals surface area (Å²) in [6, 6.07) is 5.69. The van der Waals surface area contributed by atoms with E-state index in [4.69, 9.17) is 4.74 Å². The molecule has 1 amide bonds. The van der Waals surface area contributed by atoms with Crippen LogP contribution in [-0.2, 0) is 17.5 Å². The lowest BCUT2D eigenvalue weighted by Gasteiger charge is -2.17. The van der Waals surface area contributed by atoms with E-state index in [2.05, 4.69) is 20.3 Å². The Labute approximate surface area is 185 Å². The maximum absolute atomic E-state index is 15.3. The zero-order valence-corrected chi connectivity index (χ0v) is 17.9. The van der Waals surface area contributed by atoms with Gasteiger partial charge in [-0.3, -0.25) is 9.59 Å². The van der Waals surface area contributed by atoms with Gasteiger partial charge < -0.3 is 15.0 Å². The third kappa shape index (κ3) is 5.36. The molecule has 0 bridgehead atoms. The number of alkyl halides is 3. The molecule has 3 aromatic rings. The molecule has 0 fully saturated rings. The smallest absolute Gasteiger partial charge is 0.417 e. The molecule has 0 atom stereocenters. The normalized spacial score (nSPS) is 11.5. The molecule has 3 rings (SSSR count). The van der Waals surface area contributed by atoms with Crippen molar-refractivity contribution in [1.82, 2.24) is 20.3 Å². The summed E-state index contributed by atoms with van der Waals surface area (Å²) in [4.78, 5) is 34.3. The number of carbonyl (C=O) groups is 1. The molecule has 0 aliphatic heterocycles. The topological polar surface area (TPSA) is 97.0 Å². The first kappa shape index (κ1) is 23.9. The number of pyridine rings is 1. The third-order valence-corrected chi connectivity index (χ3v) is 4.72. The zero-order chi connectivity index (χ0) is 24.3. The molecule has 2 N–H and O–H groups in total. The largest absolute Gasteiger partial charge is 0.481 e. The Bertz CT molecular complexity index is 1220. The number of H-pyrrole nitrogens is 1. The van der Waals surface area contributed by atoms with E-state index in [-0.39, 0.29) is 23.7 Å². The van der Waals surface area contributed by atoms with E-state index in [0.29, 0.717) is 11.6 Å². The first-order valence-corrected chi connectivity index (χ1v) is 9.79. The molecule has 0 spiro atoms. The highest BCUT2D eigenvalue weighted by atomic mass is 19.4. The van der Waals surface area contributed by atoms with Crippen LogP contribution >= 0.6 is 0 Å². The molecule has 2 heterocycles. The number of aromatic amines is 1. The van der Waals surface area contributed by atoms with Crippen molar-refractivity contribution in [2.45, 2.75) is 26.6 Å². The summed E-state index contributed by atoms with van der Waals surface area (Å²) in [6.45, 7) is 2.91. The van der Waals surface area contributed by atoms with E-state index in [1.165, 1.54) is 25.4 Å². The van der Waals surface area contributed by atoms with Crippen LogP contribution in [0.15, 0.2) is 41.3 Å². The van der Waals surface area contributed by atoms with Crippen molar-refractivity contribution >= 4 is 5.91 Å². The van der Waals surface area contributed by atoms with Gasteiger partial charge in [0.05, 0.1) is 23.9 Å². The standard InChI is InChI=1S/C22H20F4N4O3/c1-11(2)21(32)28-10-13-4-6-14(22(24,25)26)18(19(13)23)20-29-15(8-16(31)30-20)12-5-7-17(33-3)27-9-12/h4-9,11H,10H2,1-3H3,(H,28,32)(H,29,30,31). The Morgan fingerprint density at radius 1 is 1.21 bits per heavy atom. The number of benzene rings is 1. The number of ether oxygens (including phenoxy) is 1. The lowest BCUT2D eigenvalue weighted by atomic mass is 10.0. The molecule has 0 saturated carbocycles. The van der Waals surface area contributed by atoms with Crippen LogP contribution in [0.4, 0.5) is 17.6 Å². The van der Waals surface area contributed by atoms with Crippen molar-refractivity contribution < 1.29 is 27.1 Å². The molecule has 0 radical (unpaired) electrons. The Kier molecular flexibility index (Phi) is 6.80. The maximum Gasteiger partial charge on any atom is 0.417 e. The number of nitrogens with one attached hydrogen (secondary N) is 2. The molecule has 7 nitrogen and oxygen atoms in total. The van der Waals surface area contributed by atoms with Gasteiger partial charge in [0, 0.05) is 41.9 Å². The number of amides is 1. The highest BCUT2D eigenvalue weighted by molar-refractivity contribution is 5.78. The quantitative estimate of drug-likeness (QED) is 0.539. The van der Waals surface area contributed by atoms with Crippen molar-refractivity contribution in [3.63, 3.8) is 0 Å². The number of aromatic nitrogens is 3. The van der Waals surface area contributed by atoms with Gasteiger partial charge in [-0.2, -0.15) is 13.2 Å². The molecule has 0 aliphatic rings. The molecular formula is C22H20F4N4O3. The summed E-state index contributed by atoms with van der Waals surface area (Å²) in [6.07, 6.45) is -3.60. The highest BCUT2D eigenvalue weighted by Gasteiger charge is 2.36. The molecule has 11 heteroatoms. The van der Waals surface area contributed by atoms with Crippen LogP contribution < -0.4 is 15.6 Å². The van der Waals surface area contributed by atoms with Crippen LogP contribution in [0.3, 0.4) is 0 Å². The van der Waals surface area contributed by atoms with Gasteiger partial charge in [0.15, 0.2) is 0 Å². The number of nitrogens with zero attached hydrogens (tertiary/aromatic N) is 2. The van der Waals surface area contributed by atoms with Crippen LogP contribution in [0.1, 0.15) is 25.0 Å². The number of rotatable bonds is 6. The molecule has 0 unspecified atom stereocenters. The number of methoxy groups -OCH3 is 1. The van der Waals surface area contributed by atoms with Gasteiger partial charge in [-0.15, -0.1) is 0 Å². The van der Waals surface area contributed by atoms with E-state index in [0.717, 1.165) is 12.1 Å². The molecule has 0 saturated heterocycles. The zero-order valence-electron chi connectivity index (χ0n) is 17.9. The van der Waals surface area contributed by atoms with E-state index in [1.807, 2.05) is 0 Å². The van der Waals surface area contributed by atoms with Crippen LogP contribution in [-0.4, -0.2) is 28.0 Å². The Balaban J connectivity index is 2.15. The van der Waals surface area contributed by atoms with Crippen LogP contribution in [0.2, 0.25) is 0 Å². The Morgan fingerprint density at radius 2 is 1.94 bits per heavy atom. The second-order valence-electron chi connectivity index (χ2n) is 7.40. The molecule has 33 heavy (non-hydrogen) atoms. The van der Waals surface area contributed by atoms with E-state index < -0.39 is 46.3 Å². The number of hydrogen-bond acceptors (Lipinski definition) is 5. The SMILES string of the molecule is COc1ccc(-c2cc(=O)[nH]c(-c3c(C(F)(F)F)ccc(CNC(=O)C(C)C)c3F)n2)cn1. The summed E-state index contributed by atoms with van der Waals surface area (Å²) < 4.78 is 61.4. The average molecular weight is 464 g/mol. The monoisotopic (exact) mass is 464 g/mol. The van der Waals surface area contributed by atoms with Gasteiger partial charge in [-0.1, -0.05) is 19.9 Å². The lowest BCUT2D eigenvalue weighted by Crippen LogP contribution is -2.27. The fraction of sp³-hybridized carbons (Fsp3) is 0.273. The first-order valence-electron chi connectivity index (χ1n) is 9.79. The lowest BCUT2D eigenvalue weighted by molar-refractivity contribution is -0.137. The summed E-state index contributed by atoms with van der Waals surface area (Å²) in [5.74, 6) is -2.35. The Morgan fingerprint density at radius 3 is 2.52 bits per heavy atom. The van der Waals surface area contributed by atoms with Crippen molar-refractivity contribution in [1.29, 1.82) is 0 Å². The predicted molar refractivity (Wildman–Crippen MR) is 112 cm³/mol. The van der Waals surface area contributed by atoms with Crippen molar-refractivity contribution in [2.75, 3.05) is 7.11 Å². The Hall–Kier alpha value is -3.76. The van der Waals surface area contributed by atoms with Crippen LogP contribution in [0.5, 0.6) is 5.88 Å². The molecule has 0 aliphatic carbocycles. The average Bonchev–Trinajstić information content (AvgIpc) is 2.76. The molecule has 2 aromatic heterocycles. The van der Waals surface area contributed by atoms with Crippen LogP contribution in [0, 0.1) is 11.7 Å². The van der Waals surface area contributed by atoms with Gasteiger partial charge in [0.2, 0.25) is 11.8 Å². The van der Waals surface area contributed by atoms with Gasteiger partial charge in [-0.05, 0) is 12.1 Å². The highest BCUT2D eigenvalue weighted by Crippen LogP contribution is 2.38. The third-order valence-electron chi connectivity index (χ3n) is 4.72. The summed E-state index contributed by atoms with van der Waals surface area (Å²) in [7, 11) is 1.41. The second kappa shape index (κ2) is 9.39. The first-order chi connectivity index (χ1) is 15.5. The van der Waals surface area contributed by atoms with Gasteiger partial charge in [-0.25, -0.2) is 14.4 Å². The van der Waals surface area contributed by atoms with Gasteiger partial charge in [0.1, 0.15) is 11.6 Å². The minimum Gasteiger partial charge on any atom is -0.481 e. The minimum absolute atomic E-state index is 0.00468. The fourth-order valence-electron chi connectivity index (χ4n) is 2.99. The summed E-state index contributed by atoms with van der Waals surface area (Å²) in [5.41, 5.74) is -2.89.